The van der Waals surface area contributed by atoms with Gasteiger partial charge in [-0.1, -0.05) is 11.6 Å². The molecule has 1 aromatic rings. The highest BCUT2D eigenvalue weighted by atomic mass is 35.5. The van der Waals surface area contributed by atoms with E-state index in [0.717, 1.165) is 18.9 Å². The fraction of sp³-hybridized carbons (Fsp3) is 0.650. The number of amides is 1. The minimum Gasteiger partial charge on any atom is -0.377 e. The van der Waals surface area contributed by atoms with E-state index in [-0.39, 0.29) is 33.8 Å². The van der Waals surface area contributed by atoms with Gasteiger partial charge < -0.3 is 9.64 Å². The third-order valence-electron chi connectivity index (χ3n) is 6.44. The summed E-state index contributed by atoms with van der Waals surface area (Å²) >= 11 is 5.78. The number of nitrogens with zero attached hydrogens (tertiary/aromatic N) is 2. The predicted octanol–water partition coefficient (Wildman–Crippen LogP) is 2.72. The first-order valence-corrected chi connectivity index (χ1v) is 12.5. The van der Waals surface area contributed by atoms with Gasteiger partial charge in [0, 0.05) is 24.6 Å². The first-order valence-electron chi connectivity index (χ1n) is 10.6. The largest absolute Gasteiger partial charge is 0.377 e. The lowest BCUT2D eigenvalue weighted by atomic mass is 9.85. The van der Waals surface area contributed by atoms with Crippen molar-refractivity contribution in [1.82, 2.24) is 9.62 Å². The summed E-state index contributed by atoms with van der Waals surface area (Å²) in [5, 5.41) is 10.9. The van der Waals surface area contributed by atoms with Crippen LogP contribution in [0.2, 0.25) is 5.02 Å². The van der Waals surface area contributed by atoms with Crippen molar-refractivity contribution in [2.75, 3.05) is 19.8 Å². The van der Waals surface area contributed by atoms with Crippen LogP contribution in [0.15, 0.2) is 23.1 Å². The monoisotopic (exact) mass is 471 g/mol. The Morgan fingerprint density at radius 2 is 1.90 bits per heavy atom. The van der Waals surface area contributed by atoms with Gasteiger partial charge in [0.05, 0.1) is 29.1 Å². The van der Waals surface area contributed by atoms with E-state index in [1.54, 1.807) is 0 Å². The molecule has 1 saturated heterocycles. The van der Waals surface area contributed by atoms with Crippen LogP contribution >= 0.6 is 11.6 Å². The highest BCUT2D eigenvalue weighted by Crippen LogP contribution is 2.38. The third kappa shape index (κ3) is 5.02. The van der Waals surface area contributed by atoms with Gasteiger partial charge in [-0.2, -0.15) is 0 Å². The molecule has 0 spiro atoms. The Bertz CT molecular complexity index is 960. The molecule has 2 saturated carbocycles. The lowest BCUT2D eigenvalue weighted by Gasteiger charge is -2.39. The SMILES string of the molecule is O=C(C1CCC(NS(=O)(=O)c2ccc(Cl)c([N+](=O)[O-])c2)CC1)N1CCOC[C@@H]1C1CC1. The summed E-state index contributed by atoms with van der Waals surface area (Å²) in [7, 11) is -3.93. The number of rotatable bonds is 6. The van der Waals surface area contributed by atoms with Crippen LogP contribution in [0, 0.1) is 22.0 Å². The molecule has 1 amide bonds. The molecule has 0 unspecified atom stereocenters. The highest BCUT2D eigenvalue weighted by molar-refractivity contribution is 7.89. The molecule has 3 fully saturated rings. The standard InChI is InChI=1S/C20H26ClN3O6S/c21-17-8-7-16(11-18(17)24(26)27)31(28,29)22-15-5-3-14(4-6-15)20(25)23-9-10-30-12-19(23)13-1-2-13/h7-8,11,13-15,19,22H,1-6,9-10,12H2/t14?,15?,19-/m1/s1. The molecule has 1 N–H and O–H groups in total. The van der Waals surface area contributed by atoms with Crippen LogP contribution in [-0.2, 0) is 19.6 Å². The Balaban J connectivity index is 1.36. The molecule has 2 aliphatic carbocycles. The third-order valence-corrected chi connectivity index (χ3v) is 8.28. The van der Waals surface area contributed by atoms with Crippen molar-refractivity contribution in [2.24, 2.45) is 11.8 Å². The van der Waals surface area contributed by atoms with Crippen molar-refractivity contribution < 1.29 is 22.9 Å². The van der Waals surface area contributed by atoms with E-state index in [1.165, 1.54) is 12.1 Å². The van der Waals surface area contributed by atoms with Crippen molar-refractivity contribution in [3.63, 3.8) is 0 Å². The first-order chi connectivity index (χ1) is 14.8. The molecule has 1 atom stereocenters. The van der Waals surface area contributed by atoms with E-state index < -0.39 is 20.6 Å². The highest BCUT2D eigenvalue weighted by Gasteiger charge is 2.41. The van der Waals surface area contributed by atoms with Gasteiger partial charge in [-0.05, 0) is 56.6 Å². The number of nitrogens with one attached hydrogen (secondary N) is 1. The van der Waals surface area contributed by atoms with Crippen LogP contribution in [0.4, 0.5) is 5.69 Å². The van der Waals surface area contributed by atoms with Gasteiger partial charge in [-0.25, -0.2) is 13.1 Å². The Morgan fingerprint density at radius 3 is 2.55 bits per heavy atom. The number of morpholine rings is 1. The number of ether oxygens (including phenoxy) is 1. The Morgan fingerprint density at radius 1 is 1.19 bits per heavy atom. The van der Waals surface area contributed by atoms with Crippen LogP contribution in [0.1, 0.15) is 38.5 Å². The summed E-state index contributed by atoms with van der Waals surface area (Å²) < 4.78 is 33.6. The van der Waals surface area contributed by atoms with Crippen molar-refractivity contribution in [3.8, 4) is 0 Å². The number of halogens is 1. The Hall–Kier alpha value is -1.75. The maximum Gasteiger partial charge on any atom is 0.289 e. The molecule has 0 bridgehead atoms. The van der Waals surface area contributed by atoms with Crippen molar-refractivity contribution in [2.45, 2.75) is 55.5 Å². The number of benzene rings is 1. The minimum atomic E-state index is -3.93. The second-order valence-electron chi connectivity index (χ2n) is 8.55. The fourth-order valence-corrected chi connectivity index (χ4v) is 6.06. The number of carbonyl (C=O) groups is 1. The maximum atomic E-state index is 13.1. The molecular weight excluding hydrogens is 446 g/mol. The van der Waals surface area contributed by atoms with Gasteiger partial charge in [0.1, 0.15) is 5.02 Å². The van der Waals surface area contributed by atoms with E-state index in [1.807, 2.05) is 4.90 Å². The van der Waals surface area contributed by atoms with Gasteiger partial charge in [-0.15, -0.1) is 0 Å². The van der Waals surface area contributed by atoms with E-state index in [2.05, 4.69) is 4.72 Å². The Labute approximate surface area is 186 Å². The topological polar surface area (TPSA) is 119 Å². The molecule has 4 rings (SSSR count). The van der Waals surface area contributed by atoms with Crippen LogP contribution in [0.5, 0.6) is 0 Å². The molecule has 9 nitrogen and oxygen atoms in total. The van der Waals surface area contributed by atoms with Crippen molar-refractivity contribution in [3.05, 3.63) is 33.3 Å². The summed E-state index contributed by atoms with van der Waals surface area (Å²) in [6.07, 6.45) is 4.61. The molecule has 170 valence electrons. The quantitative estimate of drug-likeness (QED) is 0.503. The first kappa shape index (κ1) is 22.4. The number of hydrogen-bond donors (Lipinski definition) is 1. The second kappa shape index (κ2) is 9.01. The lowest BCUT2D eigenvalue weighted by Crippen LogP contribution is -2.52. The normalized spacial score (nSPS) is 27.1. The number of nitro groups is 1. The molecule has 1 heterocycles. The number of carbonyl (C=O) groups excluding carboxylic acids is 1. The second-order valence-corrected chi connectivity index (χ2v) is 10.7. The number of sulfonamides is 1. The molecule has 0 radical (unpaired) electrons. The number of nitro benzene ring substituents is 1. The molecule has 1 aliphatic heterocycles. The molecule has 11 heteroatoms. The van der Waals surface area contributed by atoms with Gasteiger partial charge in [0.2, 0.25) is 15.9 Å². The van der Waals surface area contributed by atoms with Gasteiger partial charge >= 0.3 is 0 Å². The Kier molecular flexibility index (Phi) is 6.52. The van der Waals surface area contributed by atoms with E-state index in [0.29, 0.717) is 51.4 Å². The molecule has 3 aliphatic rings. The summed E-state index contributed by atoms with van der Waals surface area (Å²) in [6.45, 7) is 1.80. The zero-order chi connectivity index (χ0) is 22.2. The van der Waals surface area contributed by atoms with Crippen LogP contribution in [-0.4, -0.2) is 56.0 Å². The summed E-state index contributed by atoms with van der Waals surface area (Å²) in [5.41, 5.74) is -0.449. The maximum absolute atomic E-state index is 13.1. The zero-order valence-corrected chi connectivity index (χ0v) is 18.6. The average molecular weight is 472 g/mol. The summed E-state index contributed by atoms with van der Waals surface area (Å²) in [6, 6.07) is 3.30. The molecule has 0 aromatic heterocycles. The van der Waals surface area contributed by atoms with Crippen LogP contribution in [0.25, 0.3) is 0 Å². The van der Waals surface area contributed by atoms with Gasteiger partial charge in [-0.3, -0.25) is 14.9 Å². The molecule has 31 heavy (non-hydrogen) atoms. The van der Waals surface area contributed by atoms with Crippen molar-refractivity contribution in [1.29, 1.82) is 0 Å². The van der Waals surface area contributed by atoms with E-state index in [9.17, 15) is 23.3 Å². The smallest absolute Gasteiger partial charge is 0.289 e. The van der Waals surface area contributed by atoms with Crippen LogP contribution in [0.3, 0.4) is 0 Å². The lowest BCUT2D eigenvalue weighted by molar-refractivity contribution is -0.384. The van der Waals surface area contributed by atoms with Crippen LogP contribution < -0.4 is 4.72 Å². The number of hydrogen-bond acceptors (Lipinski definition) is 6. The summed E-state index contributed by atoms with van der Waals surface area (Å²) in [4.78, 5) is 25.2. The fourth-order valence-electron chi connectivity index (χ4n) is 4.55. The zero-order valence-electron chi connectivity index (χ0n) is 17.0. The molecule has 1 aromatic carbocycles. The minimum absolute atomic E-state index is 0.100. The van der Waals surface area contributed by atoms with E-state index in [4.69, 9.17) is 16.3 Å². The average Bonchev–Trinajstić information content (AvgIpc) is 3.59. The molecular formula is C20H26ClN3O6S. The van der Waals surface area contributed by atoms with Gasteiger partial charge in [0.15, 0.2) is 0 Å². The van der Waals surface area contributed by atoms with E-state index >= 15 is 0 Å². The van der Waals surface area contributed by atoms with Crippen molar-refractivity contribution >= 4 is 33.2 Å². The van der Waals surface area contributed by atoms with Gasteiger partial charge in [0.25, 0.3) is 5.69 Å². The predicted molar refractivity (Wildman–Crippen MR) is 113 cm³/mol. The summed E-state index contributed by atoms with van der Waals surface area (Å²) in [5.74, 6) is 0.613.